The molecule has 1 aromatic heterocycles. The van der Waals surface area contributed by atoms with Crippen LogP contribution in [0.2, 0.25) is 0 Å². The van der Waals surface area contributed by atoms with E-state index in [9.17, 15) is 14.9 Å². The van der Waals surface area contributed by atoms with Gasteiger partial charge in [-0.3, -0.25) is 19.6 Å². The van der Waals surface area contributed by atoms with Gasteiger partial charge in [-0.05, 0) is 41.0 Å². The number of rotatable bonds is 6. The summed E-state index contributed by atoms with van der Waals surface area (Å²) in [4.78, 5) is 22.7. The van der Waals surface area contributed by atoms with E-state index in [0.717, 1.165) is 21.9 Å². The number of fused-ring (bicyclic) bond motifs is 1. The van der Waals surface area contributed by atoms with Gasteiger partial charge in [0.25, 0.3) is 11.6 Å². The summed E-state index contributed by atoms with van der Waals surface area (Å²) in [5.41, 5.74) is 5.25. The number of nitro groups is 1. The SMILES string of the molecule is C/C(=N/NC(=O)c1ccn(Cc2ccc([N+](=O)[O-])cc2)n1)c1ccc2ccccc2c1. The normalized spacial score (nSPS) is 11.5. The molecule has 0 aliphatic carbocycles. The lowest BCUT2D eigenvalue weighted by Crippen LogP contribution is -2.20. The zero-order valence-corrected chi connectivity index (χ0v) is 16.7. The maximum absolute atomic E-state index is 12.4. The highest BCUT2D eigenvalue weighted by molar-refractivity contribution is 6.03. The van der Waals surface area contributed by atoms with Crippen molar-refractivity contribution in [2.45, 2.75) is 13.5 Å². The zero-order chi connectivity index (χ0) is 21.8. The summed E-state index contributed by atoms with van der Waals surface area (Å²) in [5.74, 6) is -0.414. The monoisotopic (exact) mass is 413 g/mol. The highest BCUT2D eigenvalue weighted by atomic mass is 16.6. The predicted octanol–water partition coefficient (Wildman–Crippen LogP) is 4.15. The van der Waals surface area contributed by atoms with Crippen molar-refractivity contribution in [3.8, 4) is 0 Å². The van der Waals surface area contributed by atoms with E-state index in [-0.39, 0.29) is 11.4 Å². The molecule has 0 aliphatic rings. The molecule has 8 nitrogen and oxygen atoms in total. The van der Waals surface area contributed by atoms with Crippen LogP contribution < -0.4 is 5.43 Å². The van der Waals surface area contributed by atoms with Gasteiger partial charge in [0.1, 0.15) is 0 Å². The minimum Gasteiger partial charge on any atom is -0.268 e. The van der Waals surface area contributed by atoms with Crippen molar-refractivity contribution >= 4 is 28.1 Å². The summed E-state index contributed by atoms with van der Waals surface area (Å²) in [7, 11) is 0. The molecule has 0 fully saturated rings. The molecule has 1 N–H and O–H groups in total. The third kappa shape index (κ3) is 4.64. The van der Waals surface area contributed by atoms with Crippen LogP contribution in [0.25, 0.3) is 10.8 Å². The van der Waals surface area contributed by atoms with Crippen molar-refractivity contribution in [1.29, 1.82) is 0 Å². The molecule has 0 spiro atoms. The Balaban J connectivity index is 1.41. The van der Waals surface area contributed by atoms with Gasteiger partial charge < -0.3 is 0 Å². The number of amides is 1. The van der Waals surface area contributed by atoms with Crippen LogP contribution >= 0.6 is 0 Å². The Morgan fingerprint density at radius 1 is 1.06 bits per heavy atom. The summed E-state index contributed by atoms with van der Waals surface area (Å²) in [6, 6.07) is 21.9. The molecule has 1 amide bonds. The highest BCUT2D eigenvalue weighted by Gasteiger charge is 2.10. The van der Waals surface area contributed by atoms with E-state index < -0.39 is 10.8 Å². The summed E-state index contributed by atoms with van der Waals surface area (Å²) >= 11 is 0. The van der Waals surface area contributed by atoms with Gasteiger partial charge in [-0.15, -0.1) is 0 Å². The van der Waals surface area contributed by atoms with Crippen LogP contribution in [-0.4, -0.2) is 26.3 Å². The van der Waals surface area contributed by atoms with E-state index in [2.05, 4.69) is 15.6 Å². The van der Waals surface area contributed by atoms with E-state index in [1.54, 1.807) is 29.1 Å². The minimum absolute atomic E-state index is 0.0314. The topological polar surface area (TPSA) is 102 Å². The molecule has 31 heavy (non-hydrogen) atoms. The molecule has 8 heteroatoms. The van der Waals surface area contributed by atoms with Gasteiger partial charge in [0.05, 0.1) is 17.2 Å². The third-order valence-electron chi connectivity index (χ3n) is 4.86. The molecular weight excluding hydrogens is 394 g/mol. The van der Waals surface area contributed by atoms with Gasteiger partial charge >= 0.3 is 0 Å². The molecule has 1 heterocycles. The molecule has 0 atom stereocenters. The third-order valence-corrected chi connectivity index (χ3v) is 4.86. The molecule has 0 radical (unpaired) electrons. The number of nitrogens with one attached hydrogen (secondary N) is 1. The van der Waals surface area contributed by atoms with E-state index in [1.165, 1.54) is 12.1 Å². The molecule has 0 bridgehead atoms. The fourth-order valence-corrected chi connectivity index (χ4v) is 3.15. The first-order valence-corrected chi connectivity index (χ1v) is 9.60. The fourth-order valence-electron chi connectivity index (χ4n) is 3.15. The van der Waals surface area contributed by atoms with E-state index in [4.69, 9.17) is 0 Å². The number of hydrogen-bond acceptors (Lipinski definition) is 5. The Kier molecular flexibility index (Phi) is 5.53. The van der Waals surface area contributed by atoms with Crippen molar-refractivity contribution in [2.75, 3.05) is 0 Å². The second-order valence-corrected chi connectivity index (χ2v) is 7.02. The number of nitro benzene ring substituents is 1. The summed E-state index contributed by atoms with van der Waals surface area (Å²) < 4.78 is 1.59. The Morgan fingerprint density at radius 3 is 2.55 bits per heavy atom. The summed E-state index contributed by atoms with van der Waals surface area (Å²) in [6.07, 6.45) is 1.68. The average Bonchev–Trinajstić information content (AvgIpc) is 3.26. The Bertz CT molecular complexity index is 1290. The lowest BCUT2D eigenvalue weighted by Gasteiger charge is -2.04. The standard InChI is InChI=1S/C23H19N5O3/c1-16(19-9-8-18-4-2-3-5-20(18)14-19)24-25-23(29)22-12-13-27(26-22)15-17-6-10-21(11-7-17)28(30)31/h2-14H,15H2,1H3,(H,25,29)/b24-16-. The predicted molar refractivity (Wildman–Crippen MR) is 118 cm³/mol. The number of hydrazone groups is 1. The van der Waals surface area contributed by atoms with Crippen LogP contribution in [0.1, 0.15) is 28.5 Å². The van der Waals surface area contributed by atoms with Gasteiger partial charge in [0.15, 0.2) is 5.69 Å². The van der Waals surface area contributed by atoms with Crippen molar-refractivity contribution in [3.63, 3.8) is 0 Å². The minimum atomic E-state index is -0.444. The Labute approximate surface area is 178 Å². The van der Waals surface area contributed by atoms with Crippen LogP contribution in [0.3, 0.4) is 0 Å². The molecule has 0 unspecified atom stereocenters. The first kappa shape index (κ1) is 20.0. The van der Waals surface area contributed by atoms with Gasteiger partial charge in [-0.1, -0.05) is 48.5 Å². The maximum Gasteiger partial charge on any atom is 0.291 e. The van der Waals surface area contributed by atoms with E-state index in [0.29, 0.717) is 12.3 Å². The zero-order valence-electron chi connectivity index (χ0n) is 16.7. The molecule has 0 saturated heterocycles. The average molecular weight is 413 g/mol. The van der Waals surface area contributed by atoms with Gasteiger partial charge in [0.2, 0.25) is 0 Å². The smallest absolute Gasteiger partial charge is 0.268 e. The Morgan fingerprint density at radius 2 is 1.81 bits per heavy atom. The summed E-state index contributed by atoms with van der Waals surface area (Å²) in [6.45, 7) is 2.22. The summed E-state index contributed by atoms with van der Waals surface area (Å²) in [5, 5.41) is 21.4. The van der Waals surface area contributed by atoms with Crippen molar-refractivity contribution < 1.29 is 9.72 Å². The molecule has 0 aliphatic heterocycles. The number of aromatic nitrogens is 2. The molecule has 154 valence electrons. The van der Waals surface area contributed by atoms with E-state index >= 15 is 0 Å². The first-order chi connectivity index (χ1) is 15.0. The second kappa shape index (κ2) is 8.58. The van der Waals surface area contributed by atoms with Crippen molar-refractivity contribution in [3.05, 3.63) is 106 Å². The Hall–Kier alpha value is -4.33. The molecule has 4 rings (SSSR count). The van der Waals surface area contributed by atoms with Gasteiger partial charge in [0, 0.05) is 18.3 Å². The lowest BCUT2D eigenvalue weighted by molar-refractivity contribution is -0.384. The molecular formula is C23H19N5O3. The first-order valence-electron chi connectivity index (χ1n) is 9.60. The quantitative estimate of drug-likeness (QED) is 0.291. The number of carbonyl (C=O) groups is 1. The molecule has 3 aromatic carbocycles. The maximum atomic E-state index is 12.4. The van der Waals surface area contributed by atoms with Gasteiger partial charge in [-0.25, -0.2) is 5.43 Å². The van der Waals surface area contributed by atoms with Crippen LogP contribution in [0.4, 0.5) is 5.69 Å². The van der Waals surface area contributed by atoms with Crippen molar-refractivity contribution in [2.24, 2.45) is 5.10 Å². The number of nitrogens with zero attached hydrogens (tertiary/aromatic N) is 4. The highest BCUT2D eigenvalue weighted by Crippen LogP contribution is 2.16. The largest absolute Gasteiger partial charge is 0.291 e. The number of hydrogen-bond donors (Lipinski definition) is 1. The number of non-ortho nitro benzene ring substituents is 1. The molecule has 4 aromatic rings. The van der Waals surface area contributed by atoms with Crippen LogP contribution in [0.15, 0.2) is 84.1 Å². The van der Waals surface area contributed by atoms with Crippen LogP contribution in [0, 0.1) is 10.1 Å². The fraction of sp³-hybridized carbons (Fsp3) is 0.0870. The number of benzene rings is 3. The number of carbonyl (C=O) groups excluding carboxylic acids is 1. The second-order valence-electron chi connectivity index (χ2n) is 7.02. The van der Waals surface area contributed by atoms with Crippen LogP contribution in [0.5, 0.6) is 0 Å². The van der Waals surface area contributed by atoms with Crippen LogP contribution in [-0.2, 0) is 6.54 Å². The van der Waals surface area contributed by atoms with Crippen molar-refractivity contribution in [1.82, 2.24) is 15.2 Å². The van der Waals surface area contributed by atoms with E-state index in [1.807, 2.05) is 49.4 Å². The lowest BCUT2D eigenvalue weighted by atomic mass is 10.0. The van der Waals surface area contributed by atoms with Gasteiger partial charge in [-0.2, -0.15) is 10.2 Å². The molecule has 0 saturated carbocycles.